The molecule has 0 aliphatic heterocycles. The maximum Gasteiger partial charge on any atom is 0.242 e. The first kappa shape index (κ1) is 21.7. The zero-order valence-electron chi connectivity index (χ0n) is 16.8. The minimum atomic E-state index is -3.71. The largest absolute Gasteiger partial charge is 0.392 e. The first-order valence-electron chi connectivity index (χ1n) is 9.67. The second-order valence-electron chi connectivity index (χ2n) is 7.22. The van der Waals surface area contributed by atoms with Gasteiger partial charge in [0.2, 0.25) is 10.0 Å². The fourth-order valence-electron chi connectivity index (χ4n) is 3.51. The number of rotatable bonds is 7. The van der Waals surface area contributed by atoms with E-state index >= 15 is 0 Å². The van der Waals surface area contributed by atoms with Crippen LogP contribution in [0.1, 0.15) is 11.1 Å². The number of oxime groups is 1. The van der Waals surface area contributed by atoms with Crippen molar-refractivity contribution in [3.8, 4) is 11.1 Å². The van der Waals surface area contributed by atoms with E-state index in [-0.39, 0.29) is 18.0 Å². The number of aliphatic hydroxyl groups excluding tert-OH is 1. The van der Waals surface area contributed by atoms with Crippen molar-refractivity contribution in [2.45, 2.75) is 11.0 Å². The van der Waals surface area contributed by atoms with Crippen LogP contribution in [-0.4, -0.2) is 49.8 Å². The second-order valence-corrected chi connectivity index (χ2v) is 10.2. The highest BCUT2D eigenvalue weighted by molar-refractivity contribution is 9.10. The van der Waals surface area contributed by atoms with E-state index in [1.54, 1.807) is 12.1 Å². The Morgan fingerprint density at radius 2 is 1.45 bits per heavy atom. The second kappa shape index (κ2) is 8.92. The fourth-order valence-corrected chi connectivity index (χ4v) is 4.99. The molecule has 3 aromatic rings. The molecule has 160 valence electrons. The highest BCUT2D eigenvalue weighted by Crippen LogP contribution is 2.36. The van der Waals surface area contributed by atoms with Gasteiger partial charge in [-0.1, -0.05) is 69.6 Å². The first-order chi connectivity index (χ1) is 14.9. The van der Waals surface area contributed by atoms with Gasteiger partial charge in [-0.25, -0.2) is 8.42 Å². The molecule has 1 aliphatic rings. The average Bonchev–Trinajstić information content (AvgIpc) is 3.08. The van der Waals surface area contributed by atoms with Gasteiger partial charge in [-0.2, -0.15) is 4.31 Å². The van der Waals surface area contributed by atoms with Gasteiger partial charge < -0.3 is 9.94 Å². The van der Waals surface area contributed by atoms with Crippen LogP contribution in [0.2, 0.25) is 0 Å². The van der Waals surface area contributed by atoms with E-state index in [0.717, 1.165) is 31.0 Å². The van der Waals surface area contributed by atoms with Crippen LogP contribution in [0, 0.1) is 0 Å². The summed E-state index contributed by atoms with van der Waals surface area (Å²) in [5, 5.41) is 14.6. The van der Waals surface area contributed by atoms with Crippen LogP contribution in [0.5, 0.6) is 0 Å². The Kier molecular flexibility index (Phi) is 6.24. The highest BCUT2D eigenvalue weighted by atomic mass is 79.9. The summed E-state index contributed by atoms with van der Waals surface area (Å²) in [7, 11) is -2.28. The van der Waals surface area contributed by atoms with E-state index in [2.05, 4.69) is 21.1 Å². The Morgan fingerprint density at radius 3 is 2.00 bits per heavy atom. The van der Waals surface area contributed by atoms with Gasteiger partial charge in [0.25, 0.3) is 0 Å². The van der Waals surface area contributed by atoms with Crippen molar-refractivity contribution in [2.24, 2.45) is 5.16 Å². The number of hydrogen-bond donors (Lipinski definition) is 1. The lowest BCUT2D eigenvalue weighted by Gasteiger charge is -2.20. The smallest absolute Gasteiger partial charge is 0.242 e. The zero-order valence-corrected chi connectivity index (χ0v) is 19.2. The van der Waals surface area contributed by atoms with Crippen LogP contribution in [0.3, 0.4) is 0 Å². The Labute approximate surface area is 190 Å². The molecule has 0 unspecified atom stereocenters. The number of fused-ring (bicyclic) bond motifs is 3. The number of likely N-dealkylation sites (N-methyl/N-ethyl adjacent to an activating group) is 1. The predicted octanol–water partition coefficient (Wildman–Crippen LogP) is 3.88. The van der Waals surface area contributed by atoms with Crippen LogP contribution < -0.4 is 0 Å². The Bertz CT molecular complexity index is 1180. The van der Waals surface area contributed by atoms with Crippen LogP contribution in [0.15, 0.2) is 87.3 Å². The molecule has 0 heterocycles. The minimum Gasteiger partial charge on any atom is -0.392 e. The summed E-state index contributed by atoms with van der Waals surface area (Å²) in [6, 6.07) is 22.2. The van der Waals surface area contributed by atoms with Crippen LogP contribution in [0.4, 0.5) is 0 Å². The van der Waals surface area contributed by atoms with E-state index in [4.69, 9.17) is 4.84 Å². The third-order valence-electron chi connectivity index (χ3n) is 5.07. The fraction of sp³-hybridized carbons (Fsp3) is 0.174. The number of hydrogen-bond acceptors (Lipinski definition) is 5. The van der Waals surface area contributed by atoms with Gasteiger partial charge in [0.15, 0.2) is 0 Å². The van der Waals surface area contributed by atoms with Crippen LogP contribution in [-0.2, 0) is 14.9 Å². The van der Waals surface area contributed by atoms with E-state index in [0.29, 0.717) is 5.71 Å². The molecule has 1 atom stereocenters. The quantitative estimate of drug-likeness (QED) is 0.390. The van der Waals surface area contributed by atoms with Gasteiger partial charge in [0, 0.05) is 29.2 Å². The first-order valence-corrected chi connectivity index (χ1v) is 11.9. The molecule has 0 fully saturated rings. The molecule has 0 bridgehead atoms. The summed E-state index contributed by atoms with van der Waals surface area (Å²) in [5.41, 5.74) is 4.80. The molecule has 3 aromatic carbocycles. The number of benzene rings is 3. The molecule has 0 saturated carbocycles. The van der Waals surface area contributed by atoms with Gasteiger partial charge >= 0.3 is 0 Å². The summed E-state index contributed by atoms with van der Waals surface area (Å²) in [4.78, 5) is 5.60. The monoisotopic (exact) mass is 500 g/mol. The van der Waals surface area contributed by atoms with Crippen molar-refractivity contribution in [2.75, 3.05) is 20.2 Å². The Hall–Kier alpha value is -2.52. The van der Waals surface area contributed by atoms with Gasteiger partial charge in [0.1, 0.15) is 18.4 Å². The summed E-state index contributed by atoms with van der Waals surface area (Å²) in [6.45, 7) is -0.246. The third kappa shape index (κ3) is 4.43. The van der Waals surface area contributed by atoms with E-state index in [1.807, 2.05) is 48.5 Å². The SMILES string of the molecule is CN(C[C@@H](O)CON=C1c2ccccc2-c2ccccc21)S(=O)(=O)c1ccc(Br)cc1. The van der Waals surface area contributed by atoms with Gasteiger partial charge in [-0.3, -0.25) is 0 Å². The number of aliphatic hydroxyl groups is 1. The van der Waals surface area contributed by atoms with Crippen molar-refractivity contribution in [1.82, 2.24) is 4.31 Å². The minimum absolute atomic E-state index is 0.115. The lowest BCUT2D eigenvalue weighted by Crippen LogP contribution is -2.36. The maximum absolute atomic E-state index is 12.7. The zero-order chi connectivity index (χ0) is 22.0. The molecule has 8 heteroatoms. The number of nitrogens with zero attached hydrogens (tertiary/aromatic N) is 2. The molecule has 6 nitrogen and oxygen atoms in total. The molecular weight excluding hydrogens is 480 g/mol. The standard InChI is InChI=1S/C23H21BrN2O4S/c1-26(31(28,29)18-12-10-16(24)11-13-18)14-17(27)15-30-25-23-21-8-4-2-6-19(21)20-7-3-5-9-22(20)23/h2-13,17,27H,14-15H2,1H3/t17-/m1/s1. The van der Waals surface area contributed by atoms with Crippen molar-refractivity contribution >= 4 is 31.7 Å². The molecule has 0 spiro atoms. The molecule has 0 radical (unpaired) electrons. The lowest BCUT2D eigenvalue weighted by molar-refractivity contribution is 0.0331. The Balaban J connectivity index is 1.43. The van der Waals surface area contributed by atoms with Crippen molar-refractivity contribution in [1.29, 1.82) is 0 Å². The average molecular weight is 501 g/mol. The number of sulfonamides is 1. The number of halogens is 1. The summed E-state index contributed by atoms with van der Waals surface area (Å²) >= 11 is 3.29. The molecule has 31 heavy (non-hydrogen) atoms. The maximum atomic E-state index is 12.7. The van der Waals surface area contributed by atoms with Crippen molar-refractivity contribution in [3.05, 3.63) is 88.4 Å². The molecule has 1 N–H and O–H groups in total. The van der Waals surface area contributed by atoms with E-state index in [1.165, 1.54) is 19.2 Å². The third-order valence-corrected chi connectivity index (χ3v) is 7.43. The van der Waals surface area contributed by atoms with E-state index < -0.39 is 16.1 Å². The van der Waals surface area contributed by atoms with Crippen LogP contribution in [0.25, 0.3) is 11.1 Å². The van der Waals surface area contributed by atoms with Crippen molar-refractivity contribution in [3.63, 3.8) is 0 Å². The molecule has 0 saturated heterocycles. The molecule has 1 aliphatic carbocycles. The van der Waals surface area contributed by atoms with Crippen molar-refractivity contribution < 1.29 is 18.4 Å². The highest BCUT2D eigenvalue weighted by Gasteiger charge is 2.26. The topological polar surface area (TPSA) is 79.2 Å². The van der Waals surface area contributed by atoms with Gasteiger partial charge in [0.05, 0.1) is 4.90 Å². The normalized spacial score (nSPS) is 13.6. The molecule has 0 amide bonds. The summed E-state index contributed by atoms with van der Waals surface area (Å²) < 4.78 is 27.2. The lowest BCUT2D eigenvalue weighted by atomic mass is 10.1. The molecule has 4 rings (SSSR count). The summed E-state index contributed by atoms with van der Waals surface area (Å²) in [5.74, 6) is 0. The molecule has 0 aromatic heterocycles. The van der Waals surface area contributed by atoms with Gasteiger partial charge in [-0.15, -0.1) is 0 Å². The predicted molar refractivity (Wildman–Crippen MR) is 123 cm³/mol. The molecular formula is C23H21BrN2O4S. The Morgan fingerprint density at radius 1 is 0.935 bits per heavy atom. The van der Waals surface area contributed by atoms with Gasteiger partial charge in [-0.05, 0) is 35.4 Å². The summed E-state index contributed by atoms with van der Waals surface area (Å²) in [6.07, 6.45) is -1.04. The van der Waals surface area contributed by atoms with Crippen LogP contribution >= 0.6 is 15.9 Å². The van der Waals surface area contributed by atoms with E-state index in [9.17, 15) is 13.5 Å².